The van der Waals surface area contributed by atoms with Crippen LogP contribution in [-0.4, -0.2) is 23.0 Å². The molecule has 0 aliphatic heterocycles. The van der Waals surface area contributed by atoms with E-state index in [-0.39, 0.29) is 29.7 Å². The Kier molecular flexibility index (Phi) is 3.31. The minimum absolute atomic E-state index is 0.0282. The van der Waals surface area contributed by atoms with Crippen molar-refractivity contribution in [2.75, 3.05) is 0 Å². The summed E-state index contributed by atoms with van der Waals surface area (Å²) in [6.07, 6.45) is 10.1. The van der Waals surface area contributed by atoms with E-state index in [0.717, 1.165) is 18.3 Å². The second-order valence-corrected chi connectivity index (χ2v) is 7.97. The molecular weight excluding hydrogens is 278 g/mol. The van der Waals surface area contributed by atoms with Crippen LogP contribution in [-0.2, 0) is 9.59 Å². The van der Waals surface area contributed by atoms with Crippen LogP contribution in [0.3, 0.4) is 0 Å². The van der Waals surface area contributed by atoms with Crippen molar-refractivity contribution in [3.63, 3.8) is 0 Å². The molecule has 4 aliphatic carbocycles. The number of carboxylic acids is 1. The van der Waals surface area contributed by atoms with E-state index in [4.69, 9.17) is 0 Å². The van der Waals surface area contributed by atoms with Crippen LogP contribution in [0.15, 0.2) is 12.2 Å². The summed E-state index contributed by atoms with van der Waals surface area (Å²) in [5.41, 5.74) is 0. The molecule has 3 saturated carbocycles. The normalized spacial score (nSPS) is 46.1. The Morgan fingerprint density at radius 1 is 1.09 bits per heavy atom. The van der Waals surface area contributed by atoms with Crippen LogP contribution in [0, 0.1) is 41.4 Å². The molecular formula is C18H25NO3. The zero-order valence-electron chi connectivity index (χ0n) is 13.1. The van der Waals surface area contributed by atoms with Crippen LogP contribution in [0.5, 0.6) is 0 Å². The molecule has 4 bridgehead atoms. The smallest absolute Gasteiger partial charge is 0.307 e. The van der Waals surface area contributed by atoms with E-state index in [0.29, 0.717) is 5.92 Å². The lowest BCUT2D eigenvalue weighted by atomic mass is 9.81. The average Bonchev–Trinajstić information content (AvgIpc) is 3.24. The number of hydrogen-bond donors (Lipinski definition) is 2. The zero-order chi connectivity index (χ0) is 15.4. The van der Waals surface area contributed by atoms with Gasteiger partial charge in [0, 0.05) is 6.04 Å². The van der Waals surface area contributed by atoms with Crippen molar-refractivity contribution in [2.24, 2.45) is 41.4 Å². The van der Waals surface area contributed by atoms with Gasteiger partial charge in [-0.2, -0.15) is 0 Å². The third-order valence-electron chi connectivity index (χ3n) is 6.85. The Morgan fingerprint density at radius 2 is 1.82 bits per heavy atom. The minimum atomic E-state index is -0.815. The molecule has 0 unspecified atom stereocenters. The first-order valence-electron chi connectivity index (χ1n) is 8.76. The Hall–Kier alpha value is -1.32. The number of allylic oxidation sites excluding steroid dienone is 2. The maximum Gasteiger partial charge on any atom is 0.307 e. The first kappa shape index (κ1) is 14.3. The van der Waals surface area contributed by atoms with Gasteiger partial charge in [-0.25, -0.2) is 0 Å². The van der Waals surface area contributed by atoms with Crippen molar-refractivity contribution in [3.8, 4) is 0 Å². The molecule has 0 radical (unpaired) electrons. The number of carbonyl (C=O) groups is 2. The molecule has 120 valence electrons. The van der Waals surface area contributed by atoms with Gasteiger partial charge in [0.2, 0.25) is 5.91 Å². The summed E-state index contributed by atoms with van der Waals surface area (Å²) >= 11 is 0. The summed E-state index contributed by atoms with van der Waals surface area (Å²) in [7, 11) is 0. The van der Waals surface area contributed by atoms with Gasteiger partial charge in [0.15, 0.2) is 0 Å². The first-order chi connectivity index (χ1) is 10.5. The predicted molar refractivity (Wildman–Crippen MR) is 81.9 cm³/mol. The third-order valence-corrected chi connectivity index (χ3v) is 6.85. The van der Waals surface area contributed by atoms with Gasteiger partial charge in [0.05, 0.1) is 11.8 Å². The number of carboxylic acid groups (broad SMARTS) is 1. The standard InChI is InChI=1S/C18H25NO3/c1-9(14-7-10-2-3-11(14)6-10)19-17(20)15-12-4-5-13(8-12)16(15)18(21)22/h4-5,9-16H,2-3,6-8H2,1H3,(H,19,20)(H,21,22)/t9-,10-,11-,12-,13-,14+,15+,16-/m0/s1. The van der Waals surface area contributed by atoms with Crippen molar-refractivity contribution in [1.82, 2.24) is 5.32 Å². The van der Waals surface area contributed by atoms with E-state index in [1.165, 1.54) is 25.7 Å². The van der Waals surface area contributed by atoms with Gasteiger partial charge in [0.25, 0.3) is 0 Å². The van der Waals surface area contributed by atoms with Crippen molar-refractivity contribution in [2.45, 2.75) is 45.1 Å². The van der Waals surface area contributed by atoms with E-state index in [1.807, 2.05) is 6.08 Å². The van der Waals surface area contributed by atoms with Gasteiger partial charge in [-0.15, -0.1) is 0 Å². The Morgan fingerprint density at radius 3 is 2.41 bits per heavy atom. The van der Waals surface area contributed by atoms with Crippen molar-refractivity contribution < 1.29 is 14.7 Å². The third kappa shape index (κ3) is 2.10. The van der Waals surface area contributed by atoms with Crippen LogP contribution < -0.4 is 5.32 Å². The van der Waals surface area contributed by atoms with Crippen LogP contribution in [0.25, 0.3) is 0 Å². The molecule has 0 aromatic heterocycles. The number of amides is 1. The molecule has 22 heavy (non-hydrogen) atoms. The molecule has 0 aromatic rings. The summed E-state index contributed by atoms with van der Waals surface area (Å²) in [6.45, 7) is 2.11. The van der Waals surface area contributed by atoms with Crippen molar-refractivity contribution >= 4 is 11.9 Å². The molecule has 2 N–H and O–H groups in total. The van der Waals surface area contributed by atoms with Crippen LogP contribution in [0.1, 0.15) is 39.0 Å². The van der Waals surface area contributed by atoms with Crippen molar-refractivity contribution in [3.05, 3.63) is 12.2 Å². The summed E-state index contributed by atoms with van der Waals surface area (Å²) in [6, 6.07) is 0.181. The summed E-state index contributed by atoms with van der Waals surface area (Å²) < 4.78 is 0. The number of aliphatic carboxylic acids is 1. The molecule has 0 saturated heterocycles. The molecule has 0 aromatic carbocycles. The first-order valence-corrected chi connectivity index (χ1v) is 8.76. The van der Waals surface area contributed by atoms with Gasteiger partial charge in [-0.3, -0.25) is 9.59 Å². The molecule has 8 atom stereocenters. The van der Waals surface area contributed by atoms with E-state index >= 15 is 0 Å². The lowest BCUT2D eigenvalue weighted by Crippen LogP contribution is -2.46. The average molecular weight is 303 g/mol. The fraction of sp³-hybridized carbons (Fsp3) is 0.778. The Bertz CT molecular complexity index is 528. The highest BCUT2D eigenvalue weighted by atomic mass is 16.4. The molecule has 4 nitrogen and oxygen atoms in total. The van der Waals surface area contributed by atoms with Gasteiger partial charge >= 0.3 is 5.97 Å². The van der Waals surface area contributed by atoms with E-state index in [9.17, 15) is 14.7 Å². The van der Waals surface area contributed by atoms with Crippen LogP contribution in [0.2, 0.25) is 0 Å². The van der Waals surface area contributed by atoms with E-state index in [1.54, 1.807) is 0 Å². The Balaban J connectivity index is 1.43. The molecule has 4 rings (SSSR count). The fourth-order valence-electron chi connectivity index (χ4n) is 5.85. The second-order valence-electron chi connectivity index (χ2n) is 7.97. The number of nitrogens with one attached hydrogen (secondary N) is 1. The van der Waals surface area contributed by atoms with E-state index in [2.05, 4.69) is 18.3 Å². The maximum absolute atomic E-state index is 12.7. The largest absolute Gasteiger partial charge is 0.481 e. The predicted octanol–water partition coefficient (Wildman–Crippen LogP) is 2.45. The molecule has 4 heteroatoms. The SMILES string of the molecule is C[C@H](NC(=O)[C@H]1[C@@H](C(=O)O)[C@H]2C=C[C@H]1C2)[C@H]1C[C@H]2CC[C@H]1C2. The molecule has 3 fully saturated rings. The highest BCUT2D eigenvalue weighted by Gasteiger charge is 2.52. The van der Waals surface area contributed by atoms with Gasteiger partial charge < -0.3 is 10.4 Å². The molecule has 1 amide bonds. The highest BCUT2D eigenvalue weighted by Crippen LogP contribution is 2.50. The molecule has 0 spiro atoms. The van der Waals surface area contributed by atoms with Crippen LogP contribution in [0.4, 0.5) is 0 Å². The van der Waals surface area contributed by atoms with Gasteiger partial charge in [-0.05, 0) is 62.2 Å². The molecule has 4 aliphatic rings. The molecule has 0 heterocycles. The minimum Gasteiger partial charge on any atom is -0.481 e. The maximum atomic E-state index is 12.7. The number of carbonyl (C=O) groups excluding carboxylic acids is 1. The van der Waals surface area contributed by atoms with Gasteiger partial charge in [-0.1, -0.05) is 18.6 Å². The van der Waals surface area contributed by atoms with Crippen molar-refractivity contribution in [1.29, 1.82) is 0 Å². The lowest BCUT2D eigenvalue weighted by Gasteiger charge is -2.31. The highest BCUT2D eigenvalue weighted by molar-refractivity contribution is 5.87. The number of rotatable bonds is 4. The van der Waals surface area contributed by atoms with Crippen LogP contribution >= 0.6 is 0 Å². The van der Waals surface area contributed by atoms with Gasteiger partial charge in [0.1, 0.15) is 0 Å². The fourth-order valence-corrected chi connectivity index (χ4v) is 5.85. The Labute approximate surface area is 131 Å². The number of fused-ring (bicyclic) bond motifs is 4. The number of hydrogen-bond acceptors (Lipinski definition) is 2. The monoisotopic (exact) mass is 303 g/mol. The zero-order valence-corrected chi connectivity index (χ0v) is 13.1. The summed E-state index contributed by atoms with van der Waals surface area (Å²) in [5, 5.41) is 12.7. The topological polar surface area (TPSA) is 66.4 Å². The lowest BCUT2D eigenvalue weighted by molar-refractivity contribution is -0.148. The summed E-state index contributed by atoms with van der Waals surface area (Å²) in [5.74, 6) is 0.677. The second kappa shape index (κ2) is 5.10. The van der Waals surface area contributed by atoms with E-state index < -0.39 is 11.9 Å². The quantitative estimate of drug-likeness (QED) is 0.784. The summed E-state index contributed by atoms with van der Waals surface area (Å²) in [4.78, 5) is 24.3.